The van der Waals surface area contributed by atoms with E-state index in [-0.39, 0.29) is 5.78 Å². The van der Waals surface area contributed by atoms with E-state index in [9.17, 15) is 4.79 Å². The van der Waals surface area contributed by atoms with Gasteiger partial charge < -0.3 is 0 Å². The summed E-state index contributed by atoms with van der Waals surface area (Å²) in [6.07, 6.45) is 1.45. The van der Waals surface area contributed by atoms with E-state index in [0.717, 1.165) is 12.0 Å². The number of nitriles is 1. The number of carbonyl (C=O) groups excluding carboxylic acids is 1. The number of rotatable bonds is 5. The highest BCUT2D eigenvalue weighted by Gasteiger charge is 2.22. The largest absolute Gasteiger partial charge is 0.293 e. The first-order valence-electron chi connectivity index (χ1n) is 6.11. The lowest BCUT2D eigenvalue weighted by atomic mass is 9.88. The Labute approximate surface area is 103 Å². The van der Waals surface area contributed by atoms with E-state index < -0.39 is 5.92 Å². The molecule has 0 N–H and O–H groups in total. The van der Waals surface area contributed by atoms with Crippen molar-refractivity contribution in [3.05, 3.63) is 35.4 Å². The predicted octanol–water partition coefficient (Wildman–Crippen LogP) is 3.62. The van der Waals surface area contributed by atoms with Gasteiger partial charge in [-0.25, -0.2) is 0 Å². The maximum Gasteiger partial charge on any atom is 0.180 e. The van der Waals surface area contributed by atoms with Gasteiger partial charge >= 0.3 is 0 Å². The lowest BCUT2D eigenvalue weighted by Crippen LogP contribution is -2.16. The summed E-state index contributed by atoms with van der Waals surface area (Å²) in [6, 6.07) is 9.70. The Bertz CT molecular complexity index is 429. The Hall–Kier alpha value is -1.62. The summed E-state index contributed by atoms with van der Waals surface area (Å²) in [5, 5.41) is 9.10. The van der Waals surface area contributed by atoms with Crippen LogP contribution in [0.5, 0.6) is 0 Å². The number of nitrogens with zero attached hydrogens (tertiary/aromatic N) is 1. The zero-order valence-electron chi connectivity index (χ0n) is 10.7. The van der Waals surface area contributed by atoms with Gasteiger partial charge in [-0.1, -0.05) is 45.0 Å². The average molecular weight is 229 g/mol. The minimum Gasteiger partial charge on any atom is -0.293 e. The van der Waals surface area contributed by atoms with E-state index in [1.807, 2.05) is 45.0 Å². The van der Waals surface area contributed by atoms with Crippen molar-refractivity contribution < 1.29 is 4.79 Å². The molecule has 1 aromatic rings. The van der Waals surface area contributed by atoms with Crippen LogP contribution in [-0.4, -0.2) is 5.78 Å². The normalized spacial score (nSPS) is 12.2. The molecular weight excluding hydrogens is 210 g/mol. The SMILES string of the molecule is CCc1ccccc1C(=O)C(C#N)CC(C)C. The summed E-state index contributed by atoms with van der Waals surface area (Å²) >= 11 is 0. The third-order valence-corrected chi connectivity index (χ3v) is 2.84. The first-order chi connectivity index (χ1) is 8.10. The zero-order chi connectivity index (χ0) is 12.8. The van der Waals surface area contributed by atoms with E-state index in [0.29, 0.717) is 17.9 Å². The summed E-state index contributed by atoms with van der Waals surface area (Å²) in [4.78, 5) is 12.3. The molecule has 2 nitrogen and oxygen atoms in total. The third kappa shape index (κ3) is 3.42. The molecule has 0 heterocycles. The fourth-order valence-corrected chi connectivity index (χ4v) is 1.95. The standard InChI is InChI=1S/C15H19NO/c1-4-12-7-5-6-8-14(12)15(17)13(10-16)9-11(2)3/h5-8,11,13H,4,9H2,1-3H3. The van der Waals surface area contributed by atoms with Gasteiger partial charge in [0.2, 0.25) is 0 Å². The predicted molar refractivity (Wildman–Crippen MR) is 68.7 cm³/mol. The van der Waals surface area contributed by atoms with Crippen LogP contribution in [0.25, 0.3) is 0 Å². The molecule has 0 amide bonds. The van der Waals surface area contributed by atoms with Crippen LogP contribution < -0.4 is 0 Å². The molecule has 90 valence electrons. The number of hydrogen-bond acceptors (Lipinski definition) is 2. The first-order valence-corrected chi connectivity index (χ1v) is 6.11. The number of carbonyl (C=O) groups is 1. The lowest BCUT2D eigenvalue weighted by molar-refractivity contribution is 0.0936. The molecule has 0 bridgehead atoms. The quantitative estimate of drug-likeness (QED) is 0.723. The monoisotopic (exact) mass is 229 g/mol. The molecule has 1 rings (SSSR count). The summed E-state index contributed by atoms with van der Waals surface area (Å²) < 4.78 is 0. The van der Waals surface area contributed by atoms with Crippen LogP contribution in [0.2, 0.25) is 0 Å². The highest BCUT2D eigenvalue weighted by atomic mass is 16.1. The molecule has 0 saturated carbocycles. The second-order valence-corrected chi connectivity index (χ2v) is 4.69. The zero-order valence-corrected chi connectivity index (χ0v) is 10.7. The second-order valence-electron chi connectivity index (χ2n) is 4.69. The topological polar surface area (TPSA) is 40.9 Å². The molecule has 1 atom stereocenters. The number of ketones is 1. The van der Waals surface area contributed by atoms with Crippen molar-refractivity contribution >= 4 is 5.78 Å². The van der Waals surface area contributed by atoms with Gasteiger partial charge in [-0.2, -0.15) is 5.26 Å². The van der Waals surface area contributed by atoms with Crippen molar-refractivity contribution in [2.24, 2.45) is 11.8 Å². The maximum atomic E-state index is 12.3. The number of aryl methyl sites for hydroxylation is 1. The lowest BCUT2D eigenvalue weighted by Gasteiger charge is -2.12. The Morgan fingerprint density at radius 1 is 1.35 bits per heavy atom. The van der Waals surface area contributed by atoms with Gasteiger partial charge in [0.05, 0.1) is 6.07 Å². The molecule has 17 heavy (non-hydrogen) atoms. The van der Waals surface area contributed by atoms with Gasteiger partial charge in [0.25, 0.3) is 0 Å². The van der Waals surface area contributed by atoms with Crippen molar-refractivity contribution in [1.82, 2.24) is 0 Å². The number of hydrogen-bond donors (Lipinski definition) is 0. The van der Waals surface area contributed by atoms with Crippen LogP contribution in [0.15, 0.2) is 24.3 Å². The molecule has 0 radical (unpaired) electrons. The van der Waals surface area contributed by atoms with Crippen LogP contribution in [0.3, 0.4) is 0 Å². The van der Waals surface area contributed by atoms with Crippen LogP contribution in [-0.2, 0) is 6.42 Å². The Morgan fingerprint density at radius 2 is 2.00 bits per heavy atom. The molecule has 0 aliphatic rings. The van der Waals surface area contributed by atoms with E-state index in [1.165, 1.54) is 0 Å². The molecular formula is C15H19NO. The van der Waals surface area contributed by atoms with E-state index in [4.69, 9.17) is 5.26 Å². The summed E-state index contributed by atoms with van der Waals surface area (Å²) in [6.45, 7) is 6.09. The van der Waals surface area contributed by atoms with E-state index in [1.54, 1.807) is 0 Å². The molecule has 0 aliphatic carbocycles. The number of Topliss-reactive ketones (excluding diaryl/α,β-unsaturated/α-hetero) is 1. The average Bonchev–Trinajstić information content (AvgIpc) is 2.34. The van der Waals surface area contributed by atoms with Gasteiger partial charge in [-0.05, 0) is 24.3 Å². The minimum absolute atomic E-state index is 0.0290. The van der Waals surface area contributed by atoms with Crippen LogP contribution in [0.4, 0.5) is 0 Å². The summed E-state index contributed by atoms with van der Waals surface area (Å²) in [5.41, 5.74) is 1.74. The van der Waals surface area contributed by atoms with E-state index >= 15 is 0 Å². The highest BCUT2D eigenvalue weighted by molar-refractivity contribution is 6.00. The van der Waals surface area contributed by atoms with Gasteiger partial charge in [-0.3, -0.25) is 4.79 Å². The fraction of sp³-hybridized carbons (Fsp3) is 0.467. The molecule has 0 aromatic heterocycles. The van der Waals surface area contributed by atoms with Gasteiger partial charge in [0.15, 0.2) is 5.78 Å². The van der Waals surface area contributed by atoms with Crippen LogP contribution in [0, 0.1) is 23.2 Å². The van der Waals surface area contributed by atoms with E-state index in [2.05, 4.69) is 6.07 Å². The second kappa shape index (κ2) is 6.20. The highest BCUT2D eigenvalue weighted by Crippen LogP contribution is 2.19. The van der Waals surface area contributed by atoms with Crippen molar-refractivity contribution in [3.63, 3.8) is 0 Å². The first kappa shape index (κ1) is 13.4. The van der Waals surface area contributed by atoms with Gasteiger partial charge in [-0.15, -0.1) is 0 Å². The fourth-order valence-electron chi connectivity index (χ4n) is 1.95. The van der Waals surface area contributed by atoms with Crippen molar-refractivity contribution in [2.45, 2.75) is 33.6 Å². The molecule has 2 heteroatoms. The Kier molecular flexibility index (Phi) is 4.90. The Morgan fingerprint density at radius 3 is 2.53 bits per heavy atom. The maximum absolute atomic E-state index is 12.3. The van der Waals surface area contributed by atoms with Crippen molar-refractivity contribution in [3.8, 4) is 6.07 Å². The van der Waals surface area contributed by atoms with Crippen LogP contribution >= 0.6 is 0 Å². The van der Waals surface area contributed by atoms with Gasteiger partial charge in [0.1, 0.15) is 5.92 Å². The van der Waals surface area contributed by atoms with Crippen LogP contribution in [0.1, 0.15) is 43.1 Å². The molecule has 1 aromatic carbocycles. The third-order valence-electron chi connectivity index (χ3n) is 2.84. The summed E-state index contributed by atoms with van der Waals surface area (Å²) in [7, 11) is 0. The molecule has 0 saturated heterocycles. The molecule has 0 spiro atoms. The minimum atomic E-state index is -0.511. The van der Waals surface area contributed by atoms with Crippen molar-refractivity contribution in [1.29, 1.82) is 5.26 Å². The summed E-state index contributed by atoms with van der Waals surface area (Å²) in [5.74, 6) is -0.182. The molecule has 1 unspecified atom stereocenters. The smallest absolute Gasteiger partial charge is 0.180 e. The molecule has 0 aliphatic heterocycles. The van der Waals surface area contributed by atoms with Crippen molar-refractivity contribution in [2.75, 3.05) is 0 Å². The number of benzene rings is 1. The molecule has 0 fully saturated rings. The van der Waals surface area contributed by atoms with Gasteiger partial charge in [0, 0.05) is 5.56 Å². The Balaban J connectivity index is 2.98.